The highest BCUT2D eigenvalue weighted by Gasteiger charge is 2.42. The lowest BCUT2D eigenvalue weighted by molar-refractivity contribution is -0.115. The first-order valence-corrected chi connectivity index (χ1v) is 9.82. The van der Waals surface area contributed by atoms with Crippen LogP contribution in [-0.2, 0) is 24.1 Å². The van der Waals surface area contributed by atoms with Gasteiger partial charge >= 0.3 is 5.97 Å². The van der Waals surface area contributed by atoms with Gasteiger partial charge in [0.2, 0.25) is 0 Å². The maximum absolute atomic E-state index is 11.7. The summed E-state index contributed by atoms with van der Waals surface area (Å²) in [7, 11) is 0. The summed E-state index contributed by atoms with van der Waals surface area (Å²) in [4.78, 5) is 14.2. The largest absolute Gasteiger partial charge is 0.476 e. The van der Waals surface area contributed by atoms with Crippen molar-refractivity contribution in [2.24, 2.45) is 0 Å². The molecule has 0 amide bonds. The summed E-state index contributed by atoms with van der Waals surface area (Å²) < 4.78 is 8.10. The highest BCUT2D eigenvalue weighted by Crippen LogP contribution is 2.38. The predicted octanol–water partition coefficient (Wildman–Crippen LogP) is 2.49. The second kappa shape index (κ2) is 6.72. The van der Waals surface area contributed by atoms with Crippen LogP contribution < -0.4 is 0 Å². The number of rotatable bonds is 4. The number of carboxylic acid groups (broad SMARTS) is 1. The number of aromatic carboxylic acids is 1. The van der Waals surface area contributed by atoms with E-state index in [4.69, 9.17) is 4.74 Å². The van der Waals surface area contributed by atoms with E-state index >= 15 is 0 Å². The molecule has 138 valence electrons. The van der Waals surface area contributed by atoms with Crippen LogP contribution in [0.2, 0.25) is 0 Å². The standard InChI is InChI=1S/C19H29N3O3/c1-2-9-22-16-6-5-14(12-15(16)17(20-22)18(23)24)21-10-11-25-19(13-21)7-3-4-8-19/h14H,2-13H2,1H3,(H,23,24). The van der Waals surface area contributed by atoms with Crippen LogP contribution in [0.4, 0.5) is 0 Å². The Hall–Kier alpha value is -1.40. The Morgan fingerprint density at radius 3 is 2.92 bits per heavy atom. The first kappa shape index (κ1) is 17.0. The number of carbonyl (C=O) groups is 1. The molecule has 1 atom stereocenters. The lowest BCUT2D eigenvalue weighted by Gasteiger charge is -2.45. The van der Waals surface area contributed by atoms with Gasteiger partial charge in [-0.25, -0.2) is 4.79 Å². The maximum atomic E-state index is 11.7. The van der Waals surface area contributed by atoms with E-state index in [1.165, 1.54) is 25.7 Å². The molecule has 0 radical (unpaired) electrons. The average molecular weight is 347 g/mol. The molecule has 6 heteroatoms. The van der Waals surface area contributed by atoms with Gasteiger partial charge in [-0.3, -0.25) is 9.58 Å². The average Bonchev–Trinajstić information content (AvgIpc) is 3.20. The van der Waals surface area contributed by atoms with E-state index in [1.807, 2.05) is 4.68 Å². The normalized spacial score (nSPS) is 26.0. The van der Waals surface area contributed by atoms with Crippen molar-refractivity contribution in [3.05, 3.63) is 17.0 Å². The minimum Gasteiger partial charge on any atom is -0.476 e. The fourth-order valence-corrected chi connectivity index (χ4v) is 5.06. The van der Waals surface area contributed by atoms with Crippen molar-refractivity contribution >= 4 is 5.97 Å². The Morgan fingerprint density at radius 1 is 1.40 bits per heavy atom. The SMILES string of the molecule is CCCn1nc(C(=O)O)c2c1CCC(N1CCOC3(CCCC3)C1)C2. The summed E-state index contributed by atoms with van der Waals surface area (Å²) >= 11 is 0. The van der Waals surface area contributed by atoms with Crippen molar-refractivity contribution in [1.29, 1.82) is 0 Å². The number of morpholine rings is 1. The number of ether oxygens (including phenoxy) is 1. The fraction of sp³-hybridized carbons (Fsp3) is 0.789. The third kappa shape index (κ3) is 3.10. The molecule has 1 aromatic rings. The summed E-state index contributed by atoms with van der Waals surface area (Å²) in [6.07, 6.45) is 8.72. The van der Waals surface area contributed by atoms with E-state index in [0.717, 1.165) is 63.2 Å². The molecule has 1 N–H and O–H groups in total. The summed E-state index contributed by atoms with van der Waals surface area (Å²) in [5.41, 5.74) is 2.47. The van der Waals surface area contributed by atoms with E-state index in [-0.39, 0.29) is 11.3 Å². The van der Waals surface area contributed by atoms with E-state index in [9.17, 15) is 9.90 Å². The van der Waals surface area contributed by atoms with Crippen molar-refractivity contribution in [3.63, 3.8) is 0 Å². The molecule has 1 aromatic heterocycles. The van der Waals surface area contributed by atoms with E-state index < -0.39 is 5.97 Å². The number of hydrogen-bond acceptors (Lipinski definition) is 4. The number of aryl methyl sites for hydroxylation is 1. The van der Waals surface area contributed by atoms with Gasteiger partial charge in [0.1, 0.15) is 0 Å². The van der Waals surface area contributed by atoms with Crippen molar-refractivity contribution in [2.45, 2.75) is 76.5 Å². The highest BCUT2D eigenvalue weighted by atomic mass is 16.5. The molecule has 1 saturated carbocycles. The lowest BCUT2D eigenvalue weighted by atomic mass is 9.88. The number of carboxylic acids is 1. The van der Waals surface area contributed by atoms with Gasteiger partial charge in [0.15, 0.2) is 5.69 Å². The maximum Gasteiger partial charge on any atom is 0.356 e. The molecule has 6 nitrogen and oxygen atoms in total. The molecule has 1 saturated heterocycles. The summed E-state index contributed by atoms with van der Waals surface area (Å²) in [5, 5.41) is 14.0. The molecule has 4 rings (SSSR count). The second-order valence-corrected chi connectivity index (χ2v) is 7.91. The molecule has 0 aromatic carbocycles. The predicted molar refractivity (Wildman–Crippen MR) is 94.0 cm³/mol. The Bertz CT molecular complexity index is 649. The van der Waals surface area contributed by atoms with E-state index in [1.54, 1.807) is 0 Å². The highest BCUT2D eigenvalue weighted by molar-refractivity contribution is 5.87. The van der Waals surface area contributed by atoms with Crippen LogP contribution >= 0.6 is 0 Å². The van der Waals surface area contributed by atoms with E-state index in [2.05, 4.69) is 16.9 Å². The quantitative estimate of drug-likeness (QED) is 0.906. The summed E-state index contributed by atoms with van der Waals surface area (Å²) in [6, 6.07) is 0.422. The number of fused-ring (bicyclic) bond motifs is 1. The zero-order valence-electron chi connectivity index (χ0n) is 15.2. The number of aromatic nitrogens is 2. The topological polar surface area (TPSA) is 67.6 Å². The smallest absolute Gasteiger partial charge is 0.356 e. The van der Waals surface area contributed by atoms with Crippen LogP contribution in [0.5, 0.6) is 0 Å². The first-order chi connectivity index (χ1) is 12.1. The molecule has 2 fully saturated rings. The van der Waals surface area contributed by atoms with Gasteiger partial charge in [-0.05, 0) is 38.5 Å². The Kier molecular flexibility index (Phi) is 4.58. The fourth-order valence-electron chi connectivity index (χ4n) is 5.06. The minimum atomic E-state index is -0.888. The lowest BCUT2D eigenvalue weighted by Crippen LogP contribution is -2.54. The second-order valence-electron chi connectivity index (χ2n) is 7.91. The summed E-state index contributed by atoms with van der Waals surface area (Å²) in [6.45, 7) is 5.70. The molecular weight excluding hydrogens is 318 g/mol. The van der Waals surface area contributed by atoms with Crippen LogP contribution in [0.25, 0.3) is 0 Å². The van der Waals surface area contributed by atoms with Crippen molar-refractivity contribution in [3.8, 4) is 0 Å². The van der Waals surface area contributed by atoms with Crippen LogP contribution in [0.1, 0.15) is 67.2 Å². The zero-order chi connectivity index (χ0) is 17.4. The van der Waals surface area contributed by atoms with Gasteiger partial charge in [0, 0.05) is 36.9 Å². The molecule has 2 aliphatic carbocycles. The third-order valence-electron chi connectivity index (χ3n) is 6.27. The Balaban J connectivity index is 1.55. The van der Waals surface area contributed by atoms with Crippen LogP contribution in [0.15, 0.2) is 0 Å². The minimum absolute atomic E-state index is 0.0700. The van der Waals surface area contributed by atoms with Gasteiger partial charge < -0.3 is 9.84 Å². The van der Waals surface area contributed by atoms with Crippen LogP contribution in [-0.4, -0.2) is 57.1 Å². The zero-order valence-corrected chi connectivity index (χ0v) is 15.2. The van der Waals surface area contributed by atoms with Crippen LogP contribution in [0.3, 0.4) is 0 Å². The Labute approximate surface area is 149 Å². The van der Waals surface area contributed by atoms with Gasteiger partial charge in [0.05, 0.1) is 12.2 Å². The number of hydrogen-bond donors (Lipinski definition) is 1. The molecule has 1 spiro atoms. The van der Waals surface area contributed by atoms with Gasteiger partial charge in [-0.15, -0.1) is 0 Å². The molecule has 25 heavy (non-hydrogen) atoms. The van der Waals surface area contributed by atoms with Gasteiger partial charge in [-0.1, -0.05) is 19.8 Å². The van der Waals surface area contributed by atoms with Crippen molar-refractivity contribution in [1.82, 2.24) is 14.7 Å². The van der Waals surface area contributed by atoms with Crippen molar-refractivity contribution in [2.75, 3.05) is 19.7 Å². The monoisotopic (exact) mass is 347 g/mol. The Morgan fingerprint density at radius 2 is 2.20 bits per heavy atom. The van der Waals surface area contributed by atoms with Crippen LogP contribution in [0, 0.1) is 0 Å². The van der Waals surface area contributed by atoms with Crippen molar-refractivity contribution < 1.29 is 14.6 Å². The first-order valence-electron chi connectivity index (χ1n) is 9.82. The molecule has 2 heterocycles. The molecular formula is C19H29N3O3. The molecule has 0 bridgehead atoms. The molecule has 1 aliphatic heterocycles. The van der Waals surface area contributed by atoms with Gasteiger partial charge in [0.25, 0.3) is 0 Å². The van der Waals surface area contributed by atoms with Gasteiger partial charge in [-0.2, -0.15) is 5.10 Å². The van der Waals surface area contributed by atoms with E-state index in [0.29, 0.717) is 6.04 Å². The third-order valence-corrected chi connectivity index (χ3v) is 6.27. The molecule has 1 unspecified atom stereocenters. The molecule has 3 aliphatic rings. The summed E-state index contributed by atoms with van der Waals surface area (Å²) in [5.74, 6) is -0.888. The number of nitrogens with zero attached hydrogens (tertiary/aromatic N) is 3.